The summed E-state index contributed by atoms with van der Waals surface area (Å²) in [5.41, 5.74) is 8.49. The summed E-state index contributed by atoms with van der Waals surface area (Å²) in [7, 11) is 0. The van der Waals surface area contributed by atoms with Gasteiger partial charge in [-0.15, -0.1) is 0 Å². The summed E-state index contributed by atoms with van der Waals surface area (Å²) in [6.07, 6.45) is 0. The highest BCUT2D eigenvalue weighted by molar-refractivity contribution is 5.83. The van der Waals surface area contributed by atoms with E-state index in [-0.39, 0.29) is 0 Å². The third-order valence-corrected chi connectivity index (χ3v) is 4.89. The van der Waals surface area contributed by atoms with Gasteiger partial charge < -0.3 is 0 Å². The van der Waals surface area contributed by atoms with E-state index < -0.39 is 0 Å². The van der Waals surface area contributed by atoms with E-state index in [0.717, 1.165) is 33.6 Å². The number of aromatic nitrogens is 1. The first kappa shape index (κ1) is 17.7. The van der Waals surface area contributed by atoms with Crippen LogP contribution in [0, 0.1) is 25.2 Å². The van der Waals surface area contributed by atoms with Crippen molar-refractivity contribution >= 4 is 0 Å². The molecule has 2 heteroatoms. The van der Waals surface area contributed by atoms with E-state index in [1.807, 2.05) is 48.5 Å². The minimum atomic E-state index is 0.604. The van der Waals surface area contributed by atoms with Gasteiger partial charge in [-0.25, -0.2) is 4.98 Å². The Morgan fingerprint density at radius 2 is 1.25 bits per heavy atom. The molecule has 0 amide bonds. The number of benzene rings is 3. The van der Waals surface area contributed by atoms with Gasteiger partial charge in [0.15, 0.2) is 0 Å². The molecule has 4 rings (SSSR count). The average molecular weight is 360 g/mol. The molecule has 0 atom stereocenters. The smallest absolute Gasteiger partial charge is 0.102 e. The van der Waals surface area contributed by atoms with Gasteiger partial charge in [-0.2, -0.15) is 5.26 Å². The molecule has 0 spiro atoms. The Kier molecular flexibility index (Phi) is 4.74. The summed E-state index contributed by atoms with van der Waals surface area (Å²) in [4.78, 5) is 4.89. The fourth-order valence-electron chi connectivity index (χ4n) is 3.30. The van der Waals surface area contributed by atoms with Crippen LogP contribution in [0.5, 0.6) is 0 Å². The molecular weight excluding hydrogens is 340 g/mol. The summed E-state index contributed by atoms with van der Waals surface area (Å²) in [5.74, 6) is 0. The summed E-state index contributed by atoms with van der Waals surface area (Å²) in [5, 5.41) is 10.0. The molecule has 0 saturated heterocycles. The van der Waals surface area contributed by atoms with Crippen molar-refractivity contribution in [1.82, 2.24) is 4.98 Å². The maximum Gasteiger partial charge on any atom is 0.102 e. The standard InChI is InChI=1S/C26H20N2/c1-18-8-12-20(13-9-18)23-16-25(21-6-4-3-5-7-21)28-26(24(23)17-27)22-14-10-19(2)11-15-22/h3-16H,1-2H3. The van der Waals surface area contributed by atoms with E-state index in [2.05, 4.69) is 56.3 Å². The van der Waals surface area contributed by atoms with Crippen LogP contribution < -0.4 is 0 Å². The number of hydrogen-bond acceptors (Lipinski definition) is 2. The lowest BCUT2D eigenvalue weighted by Gasteiger charge is -2.13. The van der Waals surface area contributed by atoms with Crippen molar-refractivity contribution in [2.24, 2.45) is 0 Å². The second-order valence-corrected chi connectivity index (χ2v) is 6.99. The lowest BCUT2D eigenvalue weighted by molar-refractivity contribution is 1.29. The van der Waals surface area contributed by atoms with Gasteiger partial charge >= 0.3 is 0 Å². The second-order valence-electron chi connectivity index (χ2n) is 6.99. The molecule has 4 aromatic rings. The normalized spacial score (nSPS) is 10.5. The van der Waals surface area contributed by atoms with Crippen LogP contribution in [0.25, 0.3) is 33.6 Å². The molecule has 3 aromatic carbocycles. The maximum atomic E-state index is 10.0. The Hall–Kier alpha value is -3.70. The molecule has 0 aliphatic carbocycles. The first-order chi connectivity index (χ1) is 13.7. The van der Waals surface area contributed by atoms with Gasteiger partial charge in [0.05, 0.1) is 17.0 Å². The third-order valence-electron chi connectivity index (χ3n) is 4.89. The fraction of sp³-hybridized carbons (Fsp3) is 0.0769. The second kappa shape index (κ2) is 7.50. The summed E-state index contributed by atoms with van der Waals surface area (Å²) in [6, 6.07) is 31.0. The monoisotopic (exact) mass is 360 g/mol. The highest BCUT2D eigenvalue weighted by Crippen LogP contribution is 2.34. The van der Waals surface area contributed by atoms with Crippen molar-refractivity contribution in [1.29, 1.82) is 5.26 Å². The quantitative estimate of drug-likeness (QED) is 0.414. The van der Waals surface area contributed by atoms with E-state index in [4.69, 9.17) is 4.98 Å². The van der Waals surface area contributed by atoms with Crippen LogP contribution in [0.1, 0.15) is 16.7 Å². The van der Waals surface area contributed by atoms with Crippen molar-refractivity contribution in [2.45, 2.75) is 13.8 Å². The van der Waals surface area contributed by atoms with Gasteiger partial charge in [-0.05, 0) is 25.5 Å². The zero-order valence-corrected chi connectivity index (χ0v) is 16.0. The summed E-state index contributed by atoms with van der Waals surface area (Å²) < 4.78 is 0. The average Bonchev–Trinajstić information content (AvgIpc) is 2.74. The molecule has 0 fully saturated rings. The van der Waals surface area contributed by atoms with Gasteiger partial charge in [0.25, 0.3) is 0 Å². The molecule has 0 bridgehead atoms. The van der Waals surface area contributed by atoms with Gasteiger partial charge in [0, 0.05) is 16.7 Å². The van der Waals surface area contributed by atoms with E-state index in [9.17, 15) is 5.26 Å². The third kappa shape index (κ3) is 3.43. The van der Waals surface area contributed by atoms with Crippen molar-refractivity contribution in [3.05, 3.63) is 102 Å². The number of nitriles is 1. The molecule has 0 N–H and O–H groups in total. The number of hydrogen-bond donors (Lipinski definition) is 0. The van der Waals surface area contributed by atoms with Gasteiger partial charge in [-0.1, -0.05) is 90.0 Å². The molecule has 0 aliphatic heterocycles. The fourth-order valence-corrected chi connectivity index (χ4v) is 3.30. The highest BCUT2D eigenvalue weighted by atomic mass is 14.7. The largest absolute Gasteiger partial charge is 0.246 e. The molecule has 134 valence electrons. The first-order valence-electron chi connectivity index (χ1n) is 9.30. The van der Waals surface area contributed by atoms with Crippen molar-refractivity contribution < 1.29 is 0 Å². The maximum absolute atomic E-state index is 10.0. The summed E-state index contributed by atoms with van der Waals surface area (Å²) in [6.45, 7) is 4.12. The predicted octanol–water partition coefficient (Wildman–Crippen LogP) is 6.57. The molecule has 0 saturated carbocycles. The molecule has 0 radical (unpaired) electrons. The van der Waals surface area contributed by atoms with Crippen molar-refractivity contribution in [2.75, 3.05) is 0 Å². The Bertz CT molecular complexity index is 1080. The van der Waals surface area contributed by atoms with Crippen LogP contribution in [0.15, 0.2) is 84.9 Å². The zero-order valence-electron chi connectivity index (χ0n) is 16.0. The Labute approximate surface area is 165 Å². The van der Waals surface area contributed by atoms with E-state index in [0.29, 0.717) is 5.56 Å². The number of pyridine rings is 1. The van der Waals surface area contributed by atoms with E-state index in [1.54, 1.807) is 0 Å². The van der Waals surface area contributed by atoms with Crippen LogP contribution in [0.4, 0.5) is 0 Å². The minimum absolute atomic E-state index is 0.604. The number of nitrogens with zero attached hydrogens (tertiary/aromatic N) is 2. The number of aryl methyl sites for hydroxylation is 2. The molecular formula is C26H20N2. The predicted molar refractivity (Wildman–Crippen MR) is 115 cm³/mol. The lowest BCUT2D eigenvalue weighted by Crippen LogP contribution is -1.97. The molecule has 0 aliphatic rings. The zero-order chi connectivity index (χ0) is 19.5. The van der Waals surface area contributed by atoms with Gasteiger partial charge in [0.2, 0.25) is 0 Å². The number of rotatable bonds is 3. The highest BCUT2D eigenvalue weighted by Gasteiger charge is 2.16. The van der Waals surface area contributed by atoms with Gasteiger partial charge in [-0.3, -0.25) is 0 Å². The van der Waals surface area contributed by atoms with Crippen LogP contribution in [0.3, 0.4) is 0 Å². The van der Waals surface area contributed by atoms with Gasteiger partial charge in [0.1, 0.15) is 6.07 Å². The first-order valence-corrected chi connectivity index (χ1v) is 9.30. The molecule has 0 unspecified atom stereocenters. The Balaban J connectivity index is 2.01. The van der Waals surface area contributed by atoms with Crippen molar-refractivity contribution in [3.8, 4) is 39.7 Å². The van der Waals surface area contributed by atoms with E-state index >= 15 is 0 Å². The molecule has 28 heavy (non-hydrogen) atoms. The minimum Gasteiger partial charge on any atom is -0.246 e. The van der Waals surface area contributed by atoms with Crippen LogP contribution in [-0.2, 0) is 0 Å². The SMILES string of the molecule is Cc1ccc(-c2cc(-c3ccccc3)nc(-c3ccc(C)cc3)c2C#N)cc1. The Morgan fingerprint density at radius 3 is 1.82 bits per heavy atom. The molecule has 1 aromatic heterocycles. The van der Waals surface area contributed by atoms with Crippen molar-refractivity contribution in [3.63, 3.8) is 0 Å². The Morgan fingerprint density at radius 1 is 0.679 bits per heavy atom. The topological polar surface area (TPSA) is 36.7 Å². The molecule has 2 nitrogen and oxygen atoms in total. The molecule has 1 heterocycles. The van der Waals surface area contributed by atoms with E-state index in [1.165, 1.54) is 11.1 Å². The van der Waals surface area contributed by atoms with Crippen LogP contribution >= 0.6 is 0 Å². The van der Waals surface area contributed by atoms with Crippen LogP contribution in [0.2, 0.25) is 0 Å². The lowest BCUT2D eigenvalue weighted by atomic mass is 9.94. The summed E-state index contributed by atoms with van der Waals surface area (Å²) >= 11 is 0. The van der Waals surface area contributed by atoms with Crippen LogP contribution in [-0.4, -0.2) is 4.98 Å².